The van der Waals surface area contributed by atoms with E-state index in [0.717, 1.165) is 11.1 Å². The topological polar surface area (TPSA) is 108 Å². The number of aliphatic hydroxyl groups excluding tert-OH is 1. The van der Waals surface area contributed by atoms with Crippen molar-refractivity contribution in [1.29, 1.82) is 0 Å². The SMILES string of the molecule is Cc1cccc(C(C(=O)Nc2c(C)cccc2Cl)N(C(=O)C(CO)NC(=O)OC(C)(C)C)C2CC2C)c1. The average molecular weight is 530 g/mol. The largest absolute Gasteiger partial charge is 0.444 e. The smallest absolute Gasteiger partial charge is 0.408 e. The standard InChI is InChI=1S/C28H36ClN3O5/c1-16-9-7-11-19(13-16)24(25(34)31-23-17(2)10-8-12-20(23)29)32(22-14-18(22)3)26(35)21(15-33)30-27(36)37-28(4,5)6/h7-13,18,21-22,24,33H,14-15H2,1-6H3,(H,30,36)(H,31,34). The molecule has 4 unspecified atom stereocenters. The Morgan fingerprint density at radius 1 is 1.16 bits per heavy atom. The van der Waals surface area contributed by atoms with Crippen molar-refractivity contribution in [1.82, 2.24) is 10.2 Å². The minimum absolute atomic E-state index is 0.145. The van der Waals surface area contributed by atoms with Gasteiger partial charge in [0.1, 0.15) is 17.7 Å². The summed E-state index contributed by atoms with van der Waals surface area (Å²) in [6.07, 6.45) is -0.135. The van der Waals surface area contributed by atoms with Crippen molar-refractivity contribution in [3.05, 3.63) is 64.2 Å². The second kappa shape index (κ2) is 11.5. The van der Waals surface area contributed by atoms with Gasteiger partial charge in [-0.1, -0.05) is 60.5 Å². The first-order chi connectivity index (χ1) is 17.3. The van der Waals surface area contributed by atoms with Crippen LogP contribution in [0.25, 0.3) is 0 Å². The summed E-state index contributed by atoms with van der Waals surface area (Å²) in [7, 11) is 0. The van der Waals surface area contributed by atoms with Gasteiger partial charge in [0.2, 0.25) is 5.91 Å². The molecule has 1 fully saturated rings. The molecule has 3 rings (SSSR count). The van der Waals surface area contributed by atoms with Crippen molar-refractivity contribution in [3.63, 3.8) is 0 Å². The van der Waals surface area contributed by atoms with Gasteiger partial charge in [-0.15, -0.1) is 0 Å². The van der Waals surface area contributed by atoms with Crippen LogP contribution in [0.2, 0.25) is 5.02 Å². The predicted octanol–water partition coefficient (Wildman–Crippen LogP) is 4.76. The quantitative estimate of drug-likeness (QED) is 0.457. The molecule has 0 saturated heterocycles. The van der Waals surface area contributed by atoms with Crippen LogP contribution in [0.1, 0.15) is 56.8 Å². The molecule has 2 aromatic rings. The number of benzene rings is 2. The Morgan fingerprint density at radius 2 is 1.81 bits per heavy atom. The van der Waals surface area contributed by atoms with E-state index in [1.54, 1.807) is 39.0 Å². The summed E-state index contributed by atoms with van der Waals surface area (Å²) in [5.41, 5.74) is 2.00. The molecule has 37 heavy (non-hydrogen) atoms. The van der Waals surface area contributed by atoms with Gasteiger partial charge in [-0.05, 0) is 64.2 Å². The zero-order chi connectivity index (χ0) is 27.5. The molecule has 3 N–H and O–H groups in total. The molecule has 0 heterocycles. The first-order valence-electron chi connectivity index (χ1n) is 12.4. The van der Waals surface area contributed by atoms with Crippen molar-refractivity contribution >= 4 is 35.2 Å². The van der Waals surface area contributed by atoms with Gasteiger partial charge in [-0.2, -0.15) is 0 Å². The highest BCUT2D eigenvalue weighted by Crippen LogP contribution is 2.41. The van der Waals surface area contributed by atoms with E-state index < -0.39 is 42.2 Å². The molecule has 2 aromatic carbocycles. The number of aryl methyl sites for hydroxylation is 2. The van der Waals surface area contributed by atoms with Gasteiger partial charge in [0.25, 0.3) is 5.91 Å². The first-order valence-corrected chi connectivity index (χ1v) is 12.7. The van der Waals surface area contributed by atoms with E-state index >= 15 is 0 Å². The number of amides is 3. The van der Waals surface area contributed by atoms with Crippen molar-refractivity contribution in [2.24, 2.45) is 5.92 Å². The number of para-hydroxylation sites is 1. The molecule has 200 valence electrons. The van der Waals surface area contributed by atoms with Crippen LogP contribution in [0.5, 0.6) is 0 Å². The molecule has 3 amide bonds. The van der Waals surface area contributed by atoms with Gasteiger partial charge in [0, 0.05) is 6.04 Å². The minimum Gasteiger partial charge on any atom is -0.444 e. The molecule has 1 aliphatic carbocycles. The molecule has 0 aliphatic heterocycles. The van der Waals surface area contributed by atoms with E-state index in [0.29, 0.717) is 22.7 Å². The Balaban J connectivity index is 2.01. The third-order valence-corrected chi connectivity index (χ3v) is 6.52. The van der Waals surface area contributed by atoms with Gasteiger partial charge in [-0.25, -0.2) is 4.79 Å². The van der Waals surface area contributed by atoms with Crippen LogP contribution in [-0.2, 0) is 14.3 Å². The summed E-state index contributed by atoms with van der Waals surface area (Å²) in [4.78, 5) is 41.7. The lowest BCUT2D eigenvalue weighted by Gasteiger charge is -2.35. The third kappa shape index (κ3) is 7.23. The van der Waals surface area contributed by atoms with Crippen LogP contribution in [0.3, 0.4) is 0 Å². The predicted molar refractivity (Wildman–Crippen MR) is 143 cm³/mol. The number of rotatable bonds is 8. The van der Waals surface area contributed by atoms with Gasteiger partial charge in [0.15, 0.2) is 0 Å². The van der Waals surface area contributed by atoms with E-state index in [1.165, 1.54) is 4.90 Å². The molecule has 0 aromatic heterocycles. The third-order valence-electron chi connectivity index (χ3n) is 6.20. The Bertz CT molecular complexity index is 1140. The summed E-state index contributed by atoms with van der Waals surface area (Å²) in [6.45, 7) is 10.2. The minimum atomic E-state index is -1.29. The highest BCUT2D eigenvalue weighted by molar-refractivity contribution is 6.34. The van der Waals surface area contributed by atoms with E-state index in [4.69, 9.17) is 16.3 Å². The van der Waals surface area contributed by atoms with E-state index in [-0.39, 0.29) is 12.0 Å². The van der Waals surface area contributed by atoms with E-state index in [1.807, 2.05) is 45.0 Å². The summed E-state index contributed by atoms with van der Waals surface area (Å²) in [5.74, 6) is -0.865. The summed E-state index contributed by atoms with van der Waals surface area (Å²) in [6, 6.07) is 10.1. The van der Waals surface area contributed by atoms with Crippen LogP contribution in [0, 0.1) is 19.8 Å². The normalized spacial score (nSPS) is 18.4. The molecule has 9 heteroatoms. The van der Waals surface area contributed by atoms with Crippen LogP contribution in [-0.4, -0.2) is 52.2 Å². The van der Waals surface area contributed by atoms with Crippen molar-refractivity contribution < 1.29 is 24.2 Å². The van der Waals surface area contributed by atoms with Crippen molar-refractivity contribution in [3.8, 4) is 0 Å². The number of nitrogens with zero attached hydrogens (tertiary/aromatic N) is 1. The highest BCUT2D eigenvalue weighted by Gasteiger charge is 2.48. The summed E-state index contributed by atoms with van der Waals surface area (Å²) in [5, 5.41) is 15.8. The Hall–Kier alpha value is -3.10. The molecule has 1 aliphatic rings. The zero-order valence-electron chi connectivity index (χ0n) is 22.2. The van der Waals surface area contributed by atoms with Gasteiger partial charge in [0.05, 0.1) is 17.3 Å². The lowest BCUT2D eigenvalue weighted by atomic mass is 10.00. The van der Waals surface area contributed by atoms with Crippen molar-refractivity contribution in [2.45, 2.75) is 71.7 Å². The van der Waals surface area contributed by atoms with E-state index in [2.05, 4.69) is 10.6 Å². The Morgan fingerprint density at radius 3 is 2.35 bits per heavy atom. The first kappa shape index (κ1) is 28.5. The average Bonchev–Trinajstić information content (AvgIpc) is 3.52. The second-order valence-electron chi connectivity index (χ2n) is 10.6. The molecule has 4 atom stereocenters. The maximum absolute atomic E-state index is 13.9. The van der Waals surface area contributed by atoms with Crippen LogP contribution in [0.15, 0.2) is 42.5 Å². The lowest BCUT2D eigenvalue weighted by Crippen LogP contribution is -2.54. The number of hydrogen-bond donors (Lipinski definition) is 3. The molecule has 1 saturated carbocycles. The fourth-order valence-corrected chi connectivity index (χ4v) is 4.52. The molecular weight excluding hydrogens is 494 g/mol. The van der Waals surface area contributed by atoms with Crippen LogP contribution >= 0.6 is 11.6 Å². The van der Waals surface area contributed by atoms with Gasteiger partial charge < -0.3 is 25.4 Å². The Kier molecular flexibility index (Phi) is 8.87. The molecule has 0 radical (unpaired) electrons. The molecular formula is C28H36ClN3O5. The fraction of sp³-hybridized carbons (Fsp3) is 0.464. The molecule has 8 nitrogen and oxygen atoms in total. The maximum atomic E-state index is 13.9. The number of carbonyl (C=O) groups is 3. The van der Waals surface area contributed by atoms with Crippen LogP contribution in [0.4, 0.5) is 10.5 Å². The number of alkyl carbamates (subject to hydrolysis) is 1. The van der Waals surface area contributed by atoms with Crippen LogP contribution < -0.4 is 10.6 Å². The number of nitrogens with one attached hydrogen (secondary N) is 2. The highest BCUT2D eigenvalue weighted by atomic mass is 35.5. The number of anilines is 1. The van der Waals surface area contributed by atoms with E-state index in [9.17, 15) is 19.5 Å². The maximum Gasteiger partial charge on any atom is 0.408 e. The number of halogens is 1. The van der Waals surface area contributed by atoms with Gasteiger partial charge >= 0.3 is 6.09 Å². The summed E-state index contributed by atoms with van der Waals surface area (Å²) < 4.78 is 5.28. The monoisotopic (exact) mass is 529 g/mol. The number of carbonyl (C=O) groups excluding carboxylic acids is 3. The molecule has 0 bridgehead atoms. The lowest BCUT2D eigenvalue weighted by molar-refractivity contribution is -0.142. The Labute approximate surface area is 223 Å². The second-order valence-corrected chi connectivity index (χ2v) is 11.1. The molecule has 0 spiro atoms. The van der Waals surface area contributed by atoms with Crippen molar-refractivity contribution in [2.75, 3.05) is 11.9 Å². The van der Waals surface area contributed by atoms with Gasteiger partial charge in [-0.3, -0.25) is 9.59 Å². The number of aliphatic hydroxyl groups is 1. The number of ether oxygens (including phenoxy) is 1. The number of hydrogen-bond acceptors (Lipinski definition) is 5. The zero-order valence-corrected chi connectivity index (χ0v) is 22.9. The fourth-order valence-electron chi connectivity index (χ4n) is 4.25. The summed E-state index contributed by atoms with van der Waals surface area (Å²) >= 11 is 6.38.